The van der Waals surface area contributed by atoms with Crippen LogP contribution in [0.2, 0.25) is 0 Å². The lowest BCUT2D eigenvalue weighted by atomic mass is 10.1. The number of rotatable bonds is 4. The first-order valence-corrected chi connectivity index (χ1v) is 7.75. The molecule has 4 nitrogen and oxygen atoms in total. The van der Waals surface area contributed by atoms with Gasteiger partial charge in [-0.2, -0.15) is 13.2 Å². The zero-order valence-corrected chi connectivity index (χ0v) is 11.7. The van der Waals surface area contributed by atoms with Crippen molar-refractivity contribution in [1.29, 1.82) is 0 Å². The van der Waals surface area contributed by atoms with Crippen molar-refractivity contribution in [2.24, 2.45) is 5.92 Å². The molecule has 2 N–H and O–H groups in total. The molecule has 2 rings (SSSR count). The maximum Gasteiger partial charge on any atom is 0.501 e. The third-order valence-corrected chi connectivity index (χ3v) is 4.81. The highest BCUT2D eigenvalue weighted by Gasteiger charge is 2.48. The maximum atomic E-state index is 13.1. The quantitative estimate of drug-likeness (QED) is 0.833. The van der Waals surface area contributed by atoms with E-state index in [1.165, 1.54) is 0 Å². The Labute approximate surface area is 119 Å². The van der Waals surface area contributed by atoms with Gasteiger partial charge in [0.15, 0.2) is 0 Å². The molecule has 1 heterocycles. The molecule has 0 bridgehead atoms. The van der Waals surface area contributed by atoms with Crippen LogP contribution in [0.15, 0.2) is 23.1 Å². The lowest BCUT2D eigenvalue weighted by Crippen LogP contribution is -2.25. The Morgan fingerprint density at radius 2 is 2.05 bits per heavy atom. The van der Waals surface area contributed by atoms with Crippen LogP contribution in [0.5, 0.6) is 0 Å². The number of hydrogen-bond donors (Lipinski definition) is 2. The number of halogens is 4. The van der Waals surface area contributed by atoms with Crippen LogP contribution in [0.3, 0.4) is 0 Å². The van der Waals surface area contributed by atoms with Crippen molar-refractivity contribution in [2.75, 3.05) is 25.0 Å². The molecule has 0 saturated carbocycles. The molecule has 0 spiro atoms. The average molecular weight is 326 g/mol. The van der Waals surface area contributed by atoms with E-state index in [2.05, 4.69) is 10.6 Å². The molecule has 0 radical (unpaired) electrons. The van der Waals surface area contributed by atoms with Crippen LogP contribution >= 0.6 is 0 Å². The first-order chi connectivity index (χ1) is 9.72. The molecule has 1 fully saturated rings. The Hall–Kier alpha value is -1.35. The Kier molecular flexibility index (Phi) is 4.43. The van der Waals surface area contributed by atoms with Crippen LogP contribution in [0.25, 0.3) is 0 Å². The average Bonchev–Trinajstić information content (AvgIpc) is 2.89. The predicted octanol–water partition coefficient (Wildman–Crippen LogP) is 2.14. The summed E-state index contributed by atoms with van der Waals surface area (Å²) in [6.45, 7) is 1.83. The van der Waals surface area contributed by atoms with E-state index in [0.717, 1.165) is 25.1 Å². The Bertz CT molecular complexity index is 610. The predicted molar refractivity (Wildman–Crippen MR) is 69.1 cm³/mol. The van der Waals surface area contributed by atoms with Gasteiger partial charge in [0.25, 0.3) is 9.84 Å². The second kappa shape index (κ2) is 5.80. The van der Waals surface area contributed by atoms with Gasteiger partial charge in [-0.05, 0) is 43.6 Å². The Morgan fingerprint density at radius 1 is 1.33 bits per heavy atom. The summed E-state index contributed by atoms with van der Waals surface area (Å²) in [6, 6.07) is 2.32. The minimum atomic E-state index is -5.59. The number of sulfone groups is 1. The van der Waals surface area contributed by atoms with Crippen molar-refractivity contribution in [1.82, 2.24) is 5.32 Å². The van der Waals surface area contributed by atoms with Crippen LogP contribution in [0.4, 0.5) is 23.2 Å². The summed E-state index contributed by atoms with van der Waals surface area (Å²) in [5.74, 6) is -0.845. The molecule has 1 unspecified atom stereocenters. The molecule has 118 valence electrons. The first kappa shape index (κ1) is 16.0. The summed E-state index contributed by atoms with van der Waals surface area (Å²) >= 11 is 0. The van der Waals surface area contributed by atoms with Crippen LogP contribution in [0.1, 0.15) is 6.42 Å². The highest BCUT2D eigenvalue weighted by Crippen LogP contribution is 2.34. The largest absolute Gasteiger partial charge is 0.501 e. The van der Waals surface area contributed by atoms with Gasteiger partial charge in [0.05, 0.1) is 5.69 Å². The highest BCUT2D eigenvalue weighted by molar-refractivity contribution is 7.92. The van der Waals surface area contributed by atoms with E-state index in [0.29, 0.717) is 19.2 Å². The lowest BCUT2D eigenvalue weighted by molar-refractivity contribution is -0.0435. The van der Waals surface area contributed by atoms with Crippen molar-refractivity contribution >= 4 is 15.5 Å². The molecule has 1 aliphatic rings. The molecule has 0 amide bonds. The van der Waals surface area contributed by atoms with Crippen molar-refractivity contribution in [3.8, 4) is 0 Å². The second-order valence-corrected chi connectivity index (χ2v) is 6.74. The summed E-state index contributed by atoms with van der Waals surface area (Å²) in [5.41, 5.74) is -5.70. The van der Waals surface area contributed by atoms with Crippen LogP contribution < -0.4 is 10.6 Å². The third kappa shape index (κ3) is 3.46. The monoisotopic (exact) mass is 326 g/mol. The van der Waals surface area contributed by atoms with E-state index in [-0.39, 0.29) is 11.6 Å². The molecule has 1 aromatic rings. The smallest absolute Gasteiger partial charge is 0.384 e. The van der Waals surface area contributed by atoms with E-state index in [1.807, 2.05) is 0 Å². The summed E-state index contributed by atoms with van der Waals surface area (Å²) in [5, 5.41) is 5.76. The number of alkyl halides is 3. The van der Waals surface area contributed by atoms with E-state index in [9.17, 15) is 26.0 Å². The second-order valence-electron chi connectivity index (χ2n) is 4.83. The summed E-state index contributed by atoms with van der Waals surface area (Å²) in [4.78, 5) is -1.08. The topological polar surface area (TPSA) is 58.2 Å². The van der Waals surface area contributed by atoms with Crippen molar-refractivity contribution in [3.05, 3.63) is 24.0 Å². The molecular formula is C12H14F4N2O2S. The number of benzene rings is 1. The molecule has 0 aromatic heterocycles. The molecule has 1 atom stereocenters. The molecule has 1 aliphatic heterocycles. The number of hydrogen-bond acceptors (Lipinski definition) is 4. The van der Waals surface area contributed by atoms with Crippen molar-refractivity contribution in [3.63, 3.8) is 0 Å². The van der Waals surface area contributed by atoms with Crippen molar-refractivity contribution in [2.45, 2.75) is 16.8 Å². The zero-order valence-electron chi connectivity index (χ0n) is 10.9. The van der Waals surface area contributed by atoms with Gasteiger partial charge in [0.1, 0.15) is 10.7 Å². The maximum absolute atomic E-state index is 13.1. The van der Waals surface area contributed by atoms with Crippen LogP contribution in [-0.4, -0.2) is 33.6 Å². The van der Waals surface area contributed by atoms with E-state index in [4.69, 9.17) is 0 Å². The summed E-state index contributed by atoms with van der Waals surface area (Å²) < 4.78 is 74.0. The zero-order chi connectivity index (χ0) is 15.7. The fourth-order valence-corrected chi connectivity index (χ4v) is 3.08. The van der Waals surface area contributed by atoms with Crippen LogP contribution in [0, 0.1) is 11.7 Å². The minimum absolute atomic E-state index is 0.191. The Morgan fingerprint density at radius 3 is 2.62 bits per heavy atom. The molecule has 9 heteroatoms. The molecular weight excluding hydrogens is 312 g/mol. The SMILES string of the molecule is O=S(=O)(c1cc(F)ccc1NCC1CCNC1)C(F)(F)F. The lowest BCUT2D eigenvalue weighted by Gasteiger charge is -2.16. The van der Waals surface area contributed by atoms with Gasteiger partial charge in [-0.25, -0.2) is 12.8 Å². The van der Waals surface area contributed by atoms with Gasteiger partial charge in [0, 0.05) is 6.54 Å². The van der Waals surface area contributed by atoms with E-state index < -0.39 is 26.1 Å². The van der Waals surface area contributed by atoms with Gasteiger partial charge in [-0.1, -0.05) is 0 Å². The van der Waals surface area contributed by atoms with Gasteiger partial charge < -0.3 is 10.6 Å². The van der Waals surface area contributed by atoms with E-state index >= 15 is 0 Å². The standard InChI is InChI=1S/C12H14F4N2O2S/c13-9-1-2-10(18-7-8-3-4-17-6-8)11(5-9)21(19,20)12(14,15)16/h1-2,5,8,17-18H,3-4,6-7H2. The normalized spacial score (nSPS) is 19.7. The summed E-state index contributed by atoms with van der Waals surface area (Å²) in [6.07, 6.45) is 0.843. The summed E-state index contributed by atoms with van der Waals surface area (Å²) in [7, 11) is -5.59. The highest BCUT2D eigenvalue weighted by atomic mass is 32.2. The number of nitrogens with one attached hydrogen (secondary N) is 2. The van der Waals surface area contributed by atoms with Gasteiger partial charge >= 0.3 is 5.51 Å². The molecule has 0 aliphatic carbocycles. The van der Waals surface area contributed by atoms with Gasteiger partial charge in [0.2, 0.25) is 0 Å². The molecule has 21 heavy (non-hydrogen) atoms. The van der Waals surface area contributed by atoms with Gasteiger partial charge in [-0.3, -0.25) is 0 Å². The fourth-order valence-electron chi connectivity index (χ4n) is 2.13. The van der Waals surface area contributed by atoms with Gasteiger partial charge in [-0.15, -0.1) is 0 Å². The molecule has 1 aromatic carbocycles. The van der Waals surface area contributed by atoms with E-state index in [1.54, 1.807) is 0 Å². The number of anilines is 1. The van der Waals surface area contributed by atoms with Crippen molar-refractivity contribution < 1.29 is 26.0 Å². The fraction of sp³-hybridized carbons (Fsp3) is 0.500. The minimum Gasteiger partial charge on any atom is -0.384 e. The third-order valence-electron chi connectivity index (χ3n) is 3.28. The molecule has 1 saturated heterocycles. The Balaban J connectivity index is 2.29. The van der Waals surface area contributed by atoms with Crippen LogP contribution in [-0.2, 0) is 9.84 Å². The first-order valence-electron chi connectivity index (χ1n) is 6.27.